The Morgan fingerprint density at radius 3 is 3.12 bits per heavy atom. The van der Waals surface area contributed by atoms with Crippen LogP contribution in [0.5, 0.6) is 0 Å². The summed E-state index contributed by atoms with van der Waals surface area (Å²) in [4.78, 5) is 0. The van der Waals surface area contributed by atoms with Gasteiger partial charge in [-0.15, -0.1) is 0 Å². The number of fused-ring (bicyclic) bond motifs is 1. The van der Waals surface area contributed by atoms with Crippen molar-refractivity contribution in [3.05, 3.63) is 24.3 Å². The quantitative estimate of drug-likeness (QED) is 0.716. The van der Waals surface area contributed by atoms with Gasteiger partial charge in [-0.25, -0.2) is 0 Å². The molecule has 4 atom stereocenters. The van der Waals surface area contributed by atoms with Crippen LogP contribution in [-0.2, 0) is 9.47 Å². The van der Waals surface area contributed by atoms with Crippen LogP contribution in [0.15, 0.2) is 24.3 Å². The first-order chi connectivity index (χ1) is 8.29. The summed E-state index contributed by atoms with van der Waals surface area (Å²) in [5.74, 6) is 0. The van der Waals surface area contributed by atoms with Gasteiger partial charge >= 0.3 is 0 Å². The molecule has 2 aliphatic heterocycles. The monoisotopic (exact) mass is 240 g/mol. The van der Waals surface area contributed by atoms with Crippen molar-refractivity contribution < 1.29 is 19.7 Å². The van der Waals surface area contributed by atoms with Gasteiger partial charge in [-0.3, -0.25) is 0 Å². The maximum Gasteiger partial charge on any atom is 0.0952 e. The lowest BCUT2D eigenvalue weighted by atomic mass is 10.0. The summed E-state index contributed by atoms with van der Waals surface area (Å²) in [6, 6.07) is 0. The van der Waals surface area contributed by atoms with E-state index in [4.69, 9.17) is 14.6 Å². The van der Waals surface area contributed by atoms with E-state index >= 15 is 0 Å². The Morgan fingerprint density at radius 2 is 2.29 bits per heavy atom. The molecule has 4 nitrogen and oxygen atoms in total. The van der Waals surface area contributed by atoms with Crippen LogP contribution in [0.25, 0.3) is 0 Å². The molecule has 2 heterocycles. The zero-order valence-electron chi connectivity index (χ0n) is 9.87. The van der Waals surface area contributed by atoms with E-state index in [9.17, 15) is 5.11 Å². The second kappa shape index (κ2) is 6.31. The molecule has 0 spiro atoms. The standard InChI is InChI=1S/C13H20O4/c14-9-10(15)6-7-11-3-1-4-12-13(17-11)5-2-8-16-12/h1,3,6-7,10-15H,2,4-5,8-9H2/b7-6+/t10-,11-,12+,13-/m0/s1. The Bertz CT molecular complexity index is 287. The van der Waals surface area contributed by atoms with Gasteiger partial charge in [-0.1, -0.05) is 24.3 Å². The third-order valence-electron chi connectivity index (χ3n) is 3.12. The van der Waals surface area contributed by atoms with E-state index in [1.807, 2.05) is 6.08 Å². The van der Waals surface area contributed by atoms with Gasteiger partial charge < -0.3 is 19.7 Å². The number of hydrogen-bond donors (Lipinski definition) is 2. The Morgan fingerprint density at radius 1 is 1.41 bits per heavy atom. The third kappa shape index (κ3) is 3.64. The predicted octanol–water partition coefficient (Wildman–Crippen LogP) is 0.788. The minimum atomic E-state index is -0.811. The highest BCUT2D eigenvalue weighted by Gasteiger charge is 2.28. The van der Waals surface area contributed by atoms with Crippen LogP contribution in [-0.4, -0.2) is 47.8 Å². The highest BCUT2D eigenvalue weighted by molar-refractivity contribution is 5.07. The first kappa shape index (κ1) is 12.8. The lowest BCUT2D eigenvalue weighted by molar-refractivity contribution is -0.106. The summed E-state index contributed by atoms with van der Waals surface area (Å²) in [5, 5.41) is 18.0. The third-order valence-corrected chi connectivity index (χ3v) is 3.12. The lowest BCUT2D eigenvalue weighted by Gasteiger charge is -2.31. The summed E-state index contributed by atoms with van der Waals surface area (Å²) in [6.07, 6.45) is 9.71. The van der Waals surface area contributed by atoms with Gasteiger partial charge in [0.1, 0.15) is 0 Å². The van der Waals surface area contributed by atoms with Crippen molar-refractivity contribution in [1.29, 1.82) is 0 Å². The highest BCUT2D eigenvalue weighted by atomic mass is 16.5. The van der Waals surface area contributed by atoms with Gasteiger partial charge in [0.25, 0.3) is 0 Å². The van der Waals surface area contributed by atoms with Crippen LogP contribution in [0.3, 0.4) is 0 Å². The van der Waals surface area contributed by atoms with Crippen molar-refractivity contribution >= 4 is 0 Å². The zero-order valence-corrected chi connectivity index (χ0v) is 9.87. The highest BCUT2D eigenvalue weighted by Crippen LogP contribution is 2.24. The van der Waals surface area contributed by atoms with Crippen molar-refractivity contribution in [3.63, 3.8) is 0 Å². The van der Waals surface area contributed by atoms with E-state index in [0.717, 1.165) is 25.9 Å². The van der Waals surface area contributed by atoms with Crippen LogP contribution in [0.4, 0.5) is 0 Å². The molecular formula is C13H20O4. The molecule has 0 amide bonds. The molecule has 0 aliphatic carbocycles. The fourth-order valence-electron chi connectivity index (χ4n) is 2.19. The van der Waals surface area contributed by atoms with E-state index < -0.39 is 6.10 Å². The molecule has 0 aromatic rings. The van der Waals surface area contributed by atoms with Crippen LogP contribution in [0.2, 0.25) is 0 Å². The molecule has 2 rings (SSSR count). The second-order valence-electron chi connectivity index (χ2n) is 4.49. The molecule has 96 valence electrons. The van der Waals surface area contributed by atoms with Crippen molar-refractivity contribution in [2.45, 2.75) is 43.7 Å². The van der Waals surface area contributed by atoms with E-state index in [1.54, 1.807) is 12.2 Å². The van der Waals surface area contributed by atoms with Gasteiger partial charge in [0.2, 0.25) is 0 Å². The van der Waals surface area contributed by atoms with Crippen LogP contribution >= 0.6 is 0 Å². The fourth-order valence-corrected chi connectivity index (χ4v) is 2.19. The van der Waals surface area contributed by atoms with Crippen molar-refractivity contribution in [3.8, 4) is 0 Å². The predicted molar refractivity (Wildman–Crippen MR) is 63.6 cm³/mol. The van der Waals surface area contributed by atoms with Crippen molar-refractivity contribution in [2.24, 2.45) is 0 Å². The van der Waals surface area contributed by atoms with Gasteiger partial charge in [0, 0.05) is 6.61 Å². The number of hydrogen-bond acceptors (Lipinski definition) is 4. The number of aliphatic hydroxyl groups is 2. The lowest BCUT2D eigenvalue weighted by Crippen LogP contribution is -2.36. The van der Waals surface area contributed by atoms with E-state index in [1.165, 1.54) is 0 Å². The van der Waals surface area contributed by atoms with E-state index in [-0.39, 0.29) is 24.9 Å². The molecule has 0 radical (unpaired) electrons. The Kier molecular flexibility index (Phi) is 4.74. The molecule has 0 unspecified atom stereocenters. The molecule has 0 aromatic carbocycles. The van der Waals surface area contributed by atoms with Gasteiger partial charge in [-0.2, -0.15) is 0 Å². The average Bonchev–Trinajstić information content (AvgIpc) is 2.57. The summed E-state index contributed by atoms with van der Waals surface area (Å²) < 4.78 is 11.6. The van der Waals surface area contributed by atoms with Crippen molar-refractivity contribution in [2.75, 3.05) is 13.2 Å². The van der Waals surface area contributed by atoms with E-state index in [2.05, 4.69) is 6.08 Å². The molecule has 17 heavy (non-hydrogen) atoms. The number of aliphatic hydroxyl groups excluding tert-OH is 2. The molecule has 2 aliphatic rings. The minimum Gasteiger partial charge on any atom is -0.393 e. The number of rotatable bonds is 3. The fraction of sp³-hybridized carbons (Fsp3) is 0.692. The first-order valence-electron chi connectivity index (χ1n) is 6.20. The SMILES string of the molecule is OC[C@@H](O)/C=C/[C@@H]1C=CC[C@H]2OCCC[C@@H]2O1. The average molecular weight is 240 g/mol. The molecular weight excluding hydrogens is 220 g/mol. The molecule has 0 saturated carbocycles. The van der Waals surface area contributed by atoms with Crippen LogP contribution in [0.1, 0.15) is 19.3 Å². The Hall–Kier alpha value is -0.680. The minimum absolute atomic E-state index is 0.132. The second-order valence-corrected chi connectivity index (χ2v) is 4.49. The molecule has 0 bridgehead atoms. The summed E-state index contributed by atoms with van der Waals surface area (Å²) in [6.45, 7) is 0.560. The number of ether oxygens (including phenoxy) is 2. The molecule has 0 aromatic heterocycles. The summed E-state index contributed by atoms with van der Waals surface area (Å²) >= 11 is 0. The first-order valence-corrected chi connectivity index (χ1v) is 6.20. The normalized spacial score (nSPS) is 35.5. The Labute approximate surface area is 102 Å². The Balaban J connectivity index is 1.93. The summed E-state index contributed by atoms with van der Waals surface area (Å²) in [7, 11) is 0. The van der Waals surface area contributed by atoms with Gasteiger partial charge in [0.15, 0.2) is 0 Å². The van der Waals surface area contributed by atoms with Crippen molar-refractivity contribution in [1.82, 2.24) is 0 Å². The van der Waals surface area contributed by atoms with Crippen LogP contribution < -0.4 is 0 Å². The zero-order chi connectivity index (χ0) is 12.1. The largest absolute Gasteiger partial charge is 0.393 e. The van der Waals surface area contributed by atoms with Gasteiger partial charge in [-0.05, 0) is 19.3 Å². The maximum absolute atomic E-state index is 9.25. The molecule has 2 N–H and O–H groups in total. The maximum atomic E-state index is 9.25. The molecule has 4 heteroatoms. The van der Waals surface area contributed by atoms with Crippen LogP contribution in [0, 0.1) is 0 Å². The van der Waals surface area contributed by atoms with Gasteiger partial charge in [0.05, 0.1) is 31.0 Å². The van der Waals surface area contributed by atoms with E-state index in [0.29, 0.717) is 0 Å². The topological polar surface area (TPSA) is 58.9 Å². The molecule has 1 saturated heterocycles. The molecule has 1 fully saturated rings. The smallest absolute Gasteiger partial charge is 0.0952 e. The summed E-state index contributed by atoms with van der Waals surface area (Å²) in [5.41, 5.74) is 0.